The Labute approximate surface area is 153 Å². The van der Waals surface area contributed by atoms with Gasteiger partial charge in [0.15, 0.2) is 11.6 Å². The molecule has 0 saturated carbocycles. The Kier molecular flexibility index (Phi) is 5.64. The van der Waals surface area contributed by atoms with Crippen LogP contribution in [-0.4, -0.2) is 40.5 Å². The van der Waals surface area contributed by atoms with Gasteiger partial charge < -0.3 is 15.5 Å². The smallest absolute Gasteiger partial charge is 0.229 e. The number of likely N-dealkylation sites (tertiary alicyclic amines) is 1. The van der Waals surface area contributed by atoms with Crippen LogP contribution < -0.4 is 10.6 Å². The van der Waals surface area contributed by atoms with Gasteiger partial charge in [0.25, 0.3) is 0 Å². The minimum Gasteiger partial charge on any atom is -0.365 e. The maximum Gasteiger partial charge on any atom is 0.229 e. The zero-order valence-electron chi connectivity index (χ0n) is 15.0. The van der Waals surface area contributed by atoms with Crippen molar-refractivity contribution in [2.45, 2.75) is 38.3 Å². The monoisotopic (exact) mass is 354 g/mol. The van der Waals surface area contributed by atoms with Gasteiger partial charge in [-0.3, -0.25) is 0 Å². The average Bonchev–Trinajstić information content (AvgIpc) is 3.02. The van der Waals surface area contributed by atoms with Gasteiger partial charge in [0.05, 0.1) is 17.8 Å². The predicted molar refractivity (Wildman–Crippen MR) is 99.8 cm³/mol. The van der Waals surface area contributed by atoms with Crippen LogP contribution in [0.5, 0.6) is 0 Å². The molecule has 1 aliphatic rings. The highest BCUT2D eigenvalue weighted by atomic mass is 19.1. The molecule has 1 aliphatic heterocycles. The lowest BCUT2D eigenvalue weighted by Crippen LogP contribution is -2.31. The number of hydrogen-bond acceptors (Lipinski definition) is 6. The second-order valence-electron chi connectivity index (χ2n) is 6.77. The van der Waals surface area contributed by atoms with E-state index >= 15 is 0 Å². The molecule has 0 bridgehead atoms. The molecule has 1 saturated heterocycles. The molecular formula is C19H23FN6. The summed E-state index contributed by atoms with van der Waals surface area (Å²) in [5.74, 6) is -0.00536. The van der Waals surface area contributed by atoms with Crippen molar-refractivity contribution in [3.8, 4) is 6.07 Å². The fourth-order valence-electron chi connectivity index (χ4n) is 3.30. The first kappa shape index (κ1) is 18.1. The molecular weight excluding hydrogens is 331 g/mol. The largest absolute Gasteiger partial charge is 0.365 e. The van der Waals surface area contributed by atoms with Gasteiger partial charge in [-0.1, -0.05) is 6.07 Å². The van der Waals surface area contributed by atoms with E-state index in [-0.39, 0.29) is 17.8 Å². The molecule has 136 valence electrons. The highest BCUT2D eigenvalue weighted by molar-refractivity contribution is 5.57. The minimum absolute atomic E-state index is 0.0970. The van der Waals surface area contributed by atoms with Crippen molar-refractivity contribution in [2.75, 3.05) is 24.2 Å². The maximum atomic E-state index is 14.1. The Morgan fingerprint density at radius 1 is 1.46 bits per heavy atom. The van der Waals surface area contributed by atoms with Crippen LogP contribution in [0.2, 0.25) is 0 Å². The molecule has 1 fully saturated rings. The second kappa shape index (κ2) is 8.11. The number of nitriles is 1. The minimum atomic E-state index is -0.479. The molecule has 1 aromatic heterocycles. The average molecular weight is 354 g/mol. The summed E-state index contributed by atoms with van der Waals surface area (Å²) in [4.78, 5) is 10.6. The molecule has 0 aliphatic carbocycles. The fraction of sp³-hybridized carbons (Fsp3) is 0.421. The molecule has 2 atom stereocenters. The van der Waals surface area contributed by atoms with Crippen LogP contribution in [-0.2, 0) is 0 Å². The molecule has 1 unspecified atom stereocenters. The summed E-state index contributed by atoms with van der Waals surface area (Å²) in [5, 5.41) is 15.1. The molecule has 2 aromatic rings. The molecule has 2 heterocycles. The Bertz CT molecular complexity index is 803. The SMILES string of the molecule is C[C@H](CC1CCCN1C)Nc1nc(Nc2cccc(C#N)c2)ncc1F. The Balaban J connectivity index is 1.68. The summed E-state index contributed by atoms with van der Waals surface area (Å²) in [5.41, 5.74) is 1.21. The van der Waals surface area contributed by atoms with E-state index in [1.165, 1.54) is 12.8 Å². The number of nitrogens with zero attached hydrogens (tertiary/aromatic N) is 4. The number of nitrogens with one attached hydrogen (secondary N) is 2. The van der Waals surface area contributed by atoms with E-state index in [0.29, 0.717) is 17.3 Å². The molecule has 26 heavy (non-hydrogen) atoms. The number of hydrogen-bond donors (Lipinski definition) is 2. The molecule has 0 amide bonds. The standard InChI is InChI=1S/C19H23FN6/c1-13(9-16-7-4-8-26(16)2)23-18-17(20)12-22-19(25-18)24-15-6-3-5-14(10-15)11-21/h3,5-6,10,12-13,16H,4,7-9H2,1-2H3,(H2,22,23,24,25)/t13-,16?/m1/s1. The Morgan fingerprint density at radius 2 is 2.31 bits per heavy atom. The lowest BCUT2D eigenvalue weighted by Gasteiger charge is -2.24. The first-order chi connectivity index (χ1) is 12.5. The Morgan fingerprint density at radius 3 is 3.04 bits per heavy atom. The summed E-state index contributed by atoms with van der Waals surface area (Å²) < 4.78 is 14.1. The summed E-state index contributed by atoms with van der Waals surface area (Å²) in [7, 11) is 2.13. The van der Waals surface area contributed by atoms with Gasteiger partial charge >= 0.3 is 0 Å². The number of benzene rings is 1. The van der Waals surface area contributed by atoms with Gasteiger partial charge in [-0.15, -0.1) is 0 Å². The van der Waals surface area contributed by atoms with E-state index in [0.717, 1.165) is 19.2 Å². The summed E-state index contributed by atoms with van der Waals surface area (Å²) >= 11 is 0. The summed E-state index contributed by atoms with van der Waals surface area (Å²) in [6, 6.07) is 9.68. The Hall–Kier alpha value is -2.72. The van der Waals surface area contributed by atoms with E-state index < -0.39 is 5.82 Å². The molecule has 1 aromatic carbocycles. The third-order valence-electron chi connectivity index (χ3n) is 4.67. The van der Waals surface area contributed by atoms with Crippen molar-refractivity contribution >= 4 is 17.5 Å². The van der Waals surface area contributed by atoms with Crippen LogP contribution in [0.4, 0.5) is 21.8 Å². The highest BCUT2D eigenvalue weighted by Gasteiger charge is 2.23. The van der Waals surface area contributed by atoms with Crippen molar-refractivity contribution in [1.82, 2.24) is 14.9 Å². The zero-order chi connectivity index (χ0) is 18.5. The first-order valence-electron chi connectivity index (χ1n) is 8.81. The first-order valence-corrected chi connectivity index (χ1v) is 8.81. The molecule has 7 heteroatoms. The van der Waals surface area contributed by atoms with E-state index in [4.69, 9.17) is 5.26 Å². The molecule has 3 rings (SSSR count). The predicted octanol–water partition coefficient (Wildman–Crippen LogP) is 3.52. The van der Waals surface area contributed by atoms with Gasteiger partial charge in [-0.2, -0.15) is 10.2 Å². The number of anilines is 3. The van der Waals surface area contributed by atoms with Crippen molar-refractivity contribution in [3.05, 3.63) is 41.8 Å². The lowest BCUT2D eigenvalue weighted by atomic mass is 10.1. The van der Waals surface area contributed by atoms with Crippen LogP contribution in [0.3, 0.4) is 0 Å². The van der Waals surface area contributed by atoms with E-state index in [9.17, 15) is 4.39 Å². The van der Waals surface area contributed by atoms with Crippen LogP contribution in [0, 0.1) is 17.1 Å². The second-order valence-corrected chi connectivity index (χ2v) is 6.77. The maximum absolute atomic E-state index is 14.1. The van der Waals surface area contributed by atoms with Crippen LogP contribution in [0.25, 0.3) is 0 Å². The van der Waals surface area contributed by atoms with E-state index in [1.54, 1.807) is 24.3 Å². The zero-order valence-corrected chi connectivity index (χ0v) is 15.0. The molecule has 2 N–H and O–H groups in total. The van der Waals surface area contributed by atoms with Crippen molar-refractivity contribution in [2.24, 2.45) is 0 Å². The van der Waals surface area contributed by atoms with Crippen molar-refractivity contribution in [3.63, 3.8) is 0 Å². The fourth-order valence-corrected chi connectivity index (χ4v) is 3.30. The van der Waals surface area contributed by atoms with Crippen molar-refractivity contribution in [1.29, 1.82) is 5.26 Å². The van der Waals surface area contributed by atoms with E-state index in [2.05, 4.69) is 38.6 Å². The van der Waals surface area contributed by atoms with Gasteiger partial charge in [-0.05, 0) is 58.0 Å². The third kappa shape index (κ3) is 4.46. The van der Waals surface area contributed by atoms with Crippen LogP contribution in [0.1, 0.15) is 31.7 Å². The normalized spacial score (nSPS) is 18.3. The van der Waals surface area contributed by atoms with E-state index in [1.807, 2.05) is 6.92 Å². The summed E-state index contributed by atoms with van der Waals surface area (Å²) in [6.07, 6.45) is 4.48. The topological polar surface area (TPSA) is 76.9 Å². The lowest BCUT2D eigenvalue weighted by molar-refractivity contribution is 0.288. The molecule has 0 radical (unpaired) electrons. The third-order valence-corrected chi connectivity index (χ3v) is 4.67. The van der Waals surface area contributed by atoms with Gasteiger partial charge in [0, 0.05) is 17.8 Å². The number of rotatable bonds is 6. The molecule has 0 spiro atoms. The van der Waals surface area contributed by atoms with Gasteiger partial charge in [0.2, 0.25) is 5.95 Å². The number of aromatic nitrogens is 2. The quantitative estimate of drug-likeness (QED) is 0.827. The van der Waals surface area contributed by atoms with Crippen LogP contribution in [0.15, 0.2) is 30.5 Å². The highest BCUT2D eigenvalue weighted by Crippen LogP contribution is 2.22. The van der Waals surface area contributed by atoms with Gasteiger partial charge in [-0.25, -0.2) is 9.37 Å². The molecule has 6 nitrogen and oxygen atoms in total. The number of halogens is 1. The van der Waals surface area contributed by atoms with Crippen molar-refractivity contribution < 1.29 is 4.39 Å². The van der Waals surface area contributed by atoms with Gasteiger partial charge in [0.1, 0.15) is 0 Å². The summed E-state index contributed by atoms with van der Waals surface area (Å²) in [6.45, 7) is 3.16. The van der Waals surface area contributed by atoms with Crippen LogP contribution >= 0.6 is 0 Å².